The van der Waals surface area contributed by atoms with Crippen LogP contribution in [0.15, 0.2) is 42.5 Å². The second kappa shape index (κ2) is 9.26. The van der Waals surface area contributed by atoms with Gasteiger partial charge in [0.05, 0.1) is 17.1 Å². The van der Waals surface area contributed by atoms with Crippen molar-refractivity contribution in [3.63, 3.8) is 0 Å². The molecule has 0 saturated carbocycles. The number of nitrogens with one attached hydrogen (secondary N) is 1. The topological polar surface area (TPSA) is 99.9 Å². The number of ether oxygens (including phenoxy) is 3. The van der Waals surface area contributed by atoms with E-state index in [0.29, 0.717) is 18.0 Å². The van der Waals surface area contributed by atoms with Gasteiger partial charge in [0.15, 0.2) is 0 Å². The van der Waals surface area contributed by atoms with Crippen molar-refractivity contribution in [2.45, 2.75) is 6.92 Å². The lowest BCUT2D eigenvalue weighted by atomic mass is 10.1. The lowest BCUT2D eigenvalue weighted by Gasteiger charge is -2.09. The number of hydrogen-bond acceptors (Lipinski definition) is 7. The predicted molar refractivity (Wildman–Crippen MR) is 96.0 cm³/mol. The Morgan fingerprint density at radius 1 is 1.08 bits per heavy atom. The Kier molecular flexibility index (Phi) is 6.78. The monoisotopic (exact) mass is 360 g/mol. The molecule has 8 heteroatoms. The van der Waals surface area contributed by atoms with E-state index in [1.807, 2.05) is 6.92 Å². The first-order chi connectivity index (χ1) is 12.5. The molecule has 0 spiro atoms. The van der Waals surface area contributed by atoms with Crippen LogP contribution >= 0.6 is 0 Å². The quantitative estimate of drug-likeness (QED) is 0.317. The number of carbonyl (C=O) groups excluding carboxylic acids is 1. The molecule has 0 aliphatic rings. The first-order valence-corrected chi connectivity index (χ1v) is 8.04. The number of anilines is 1. The van der Waals surface area contributed by atoms with Crippen LogP contribution in [0.25, 0.3) is 0 Å². The second-order valence-corrected chi connectivity index (χ2v) is 5.13. The van der Waals surface area contributed by atoms with E-state index in [0.717, 1.165) is 5.75 Å². The zero-order valence-electron chi connectivity index (χ0n) is 14.6. The van der Waals surface area contributed by atoms with Crippen molar-refractivity contribution in [3.8, 4) is 11.5 Å². The number of nitrogens with zero attached hydrogens (tertiary/aromatic N) is 1. The smallest absolute Gasteiger partial charge is 0.338 e. The van der Waals surface area contributed by atoms with Crippen molar-refractivity contribution in [3.05, 3.63) is 58.1 Å². The molecule has 0 atom stereocenters. The van der Waals surface area contributed by atoms with Crippen molar-refractivity contribution in [2.24, 2.45) is 0 Å². The summed E-state index contributed by atoms with van der Waals surface area (Å²) in [6, 6.07) is 11.2. The fourth-order valence-corrected chi connectivity index (χ4v) is 2.20. The number of carbonyl (C=O) groups is 1. The van der Waals surface area contributed by atoms with E-state index in [9.17, 15) is 14.9 Å². The number of rotatable bonds is 9. The van der Waals surface area contributed by atoms with Crippen molar-refractivity contribution in [2.75, 3.05) is 32.2 Å². The third kappa shape index (κ3) is 5.10. The van der Waals surface area contributed by atoms with E-state index in [2.05, 4.69) is 5.32 Å². The van der Waals surface area contributed by atoms with Crippen molar-refractivity contribution >= 4 is 17.3 Å². The van der Waals surface area contributed by atoms with E-state index in [1.165, 1.54) is 18.2 Å². The van der Waals surface area contributed by atoms with E-state index >= 15 is 0 Å². The highest BCUT2D eigenvalue weighted by atomic mass is 16.6. The fourth-order valence-electron chi connectivity index (χ4n) is 2.20. The maximum absolute atomic E-state index is 12.0. The number of hydrogen-bond donors (Lipinski definition) is 1. The van der Waals surface area contributed by atoms with Crippen LogP contribution in [0.2, 0.25) is 0 Å². The van der Waals surface area contributed by atoms with E-state index in [1.54, 1.807) is 31.3 Å². The van der Waals surface area contributed by atoms with Crippen LogP contribution in [0.1, 0.15) is 17.3 Å². The Hall–Kier alpha value is -3.29. The van der Waals surface area contributed by atoms with E-state index < -0.39 is 10.9 Å². The van der Waals surface area contributed by atoms with Crippen LogP contribution in [-0.2, 0) is 4.74 Å². The number of nitro benzene ring substituents is 1. The lowest BCUT2D eigenvalue weighted by Crippen LogP contribution is -2.12. The average molecular weight is 360 g/mol. The van der Waals surface area contributed by atoms with Gasteiger partial charge in [-0.05, 0) is 43.3 Å². The Morgan fingerprint density at radius 3 is 2.31 bits per heavy atom. The average Bonchev–Trinajstić information content (AvgIpc) is 2.66. The summed E-state index contributed by atoms with van der Waals surface area (Å²) in [5, 5.41) is 13.7. The Labute approximate surface area is 150 Å². The summed E-state index contributed by atoms with van der Waals surface area (Å²) in [5.74, 6) is 0.724. The molecule has 0 aliphatic heterocycles. The van der Waals surface area contributed by atoms with Crippen LogP contribution in [0.4, 0.5) is 11.4 Å². The van der Waals surface area contributed by atoms with Crippen LogP contribution in [0.3, 0.4) is 0 Å². The molecule has 0 aliphatic carbocycles. The molecular formula is C18H20N2O6. The third-order valence-corrected chi connectivity index (χ3v) is 3.42. The molecule has 2 aromatic rings. The maximum atomic E-state index is 12.0. The van der Waals surface area contributed by atoms with Crippen LogP contribution < -0.4 is 14.8 Å². The summed E-state index contributed by atoms with van der Waals surface area (Å²) in [6.45, 7) is 2.67. The van der Waals surface area contributed by atoms with Gasteiger partial charge in [-0.2, -0.15) is 0 Å². The van der Waals surface area contributed by atoms with Gasteiger partial charge in [-0.3, -0.25) is 10.1 Å². The normalized spacial score (nSPS) is 10.1. The van der Waals surface area contributed by atoms with Crippen LogP contribution in [0.5, 0.6) is 11.5 Å². The molecule has 0 aromatic heterocycles. The second-order valence-electron chi connectivity index (χ2n) is 5.13. The molecule has 2 aromatic carbocycles. The maximum Gasteiger partial charge on any atom is 0.338 e. The zero-order valence-corrected chi connectivity index (χ0v) is 14.6. The molecule has 26 heavy (non-hydrogen) atoms. The summed E-state index contributed by atoms with van der Waals surface area (Å²) in [6.07, 6.45) is 0. The van der Waals surface area contributed by atoms with Crippen molar-refractivity contribution in [1.29, 1.82) is 0 Å². The van der Waals surface area contributed by atoms with Crippen molar-refractivity contribution in [1.82, 2.24) is 0 Å². The molecule has 138 valence electrons. The van der Waals surface area contributed by atoms with Crippen molar-refractivity contribution < 1.29 is 23.9 Å². The minimum atomic E-state index is -0.647. The van der Waals surface area contributed by atoms with Crippen LogP contribution in [0, 0.1) is 10.1 Å². The number of esters is 1. The molecule has 0 radical (unpaired) electrons. The first kappa shape index (κ1) is 19.0. The molecule has 1 N–H and O–H groups in total. The highest BCUT2D eigenvalue weighted by Crippen LogP contribution is 2.25. The minimum absolute atomic E-state index is 0.0214. The first-order valence-electron chi connectivity index (χ1n) is 8.04. The Bertz CT molecular complexity index is 761. The molecule has 0 bridgehead atoms. The standard InChI is InChI=1S/C18H20N2O6/c1-3-24-14-5-7-15(8-6-14)25-10-11-26-18(21)13-4-9-16(19-2)17(12-13)20(22)23/h4-9,12,19H,3,10-11H2,1-2H3. The summed E-state index contributed by atoms with van der Waals surface area (Å²) in [5.41, 5.74) is 0.245. The fraction of sp³-hybridized carbons (Fsp3) is 0.278. The molecule has 0 heterocycles. The van der Waals surface area contributed by atoms with Gasteiger partial charge < -0.3 is 19.5 Å². The third-order valence-electron chi connectivity index (χ3n) is 3.42. The van der Waals surface area contributed by atoms with Gasteiger partial charge >= 0.3 is 5.97 Å². The molecule has 8 nitrogen and oxygen atoms in total. The van der Waals surface area contributed by atoms with Gasteiger partial charge in [0, 0.05) is 13.1 Å². The molecular weight excluding hydrogens is 340 g/mol. The molecule has 0 fully saturated rings. The molecule has 0 amide bonds. The largest absolute Gasteiger partial charge is 0.494 e. The number of nitro groups is 1. The summed E-state index contributed by atoms with van der Waals surface area (Å²) in [7, 11) is 1.57. The van der Waals surface area contributed by atoms with Gasteiger partial charge in [0.2, 0.25) is 0 Å². The molecule has 0 saturated heterocycles. The molecule has 0 unspecified atom stereocenters. The minimum Gasteiger partial charge on any atom is -0.494 e. The highest BCUT2D eigenvalue weighted by Gasteiger charge is 2.17. The van der Waals surface area contributed by atoms with Gasteiger partial charge in [0.25, 0.3) is 5.69 Å². The summed E-state index contributed by atoms with van der Waals surface area (Å²) < 4.78 is 15.9. The lowest BCUT2D eigenvalue weighted by molar-refractivity contribution is -0.384. The highest BCUT2D eigenvalue weighted by molar-refractivity contribution is 5.91. The zero-order chi connectivity index (χ0) is 18.9. The SMILES string of the molecule is CCOc1ccc(OCCOC(=O)c2ccc(NC)c([N+](=O)[O-])c2)cc1. The van der Waals surface area contributed by atoms with Gasteiger partial charge in [-0.25, -0.2) is 4.79 Å². The molecule has 2 rings (SSSR count). The van der Waals surface area contributed by atoms with Gasteiger partial charge in [-0.1, -0.05) is 0 Å². The predicted octanol–water partition coefficient (Wildman–Crippen LogP) is 3.27. The van der Waals surface area contributed by atoms with Gasteiger partial charge in [0.1, 0.15) is 30.4 Å². The Morgan fingerprint density at radius 2 is 1.73 bits per heavy atom. The van der Waals surface area contributed by atoms with Crippen LogP contribution in [-0.4, -0.2) is 37.8 Å². The number of benzene rings is 2. The van der Waals surface area contributed by atoms with Gasteiger partial charge in [-0.15, -0.1) is 0 Å². The van der Waals surface area contributed by atoms with E-state index in [-0.39, 0.29) is 24.5 Å². The Balaban J connectivity index is 1.85. The summed E-state index contributed by atoms with van der Waals surface area (Å²) in [4.78, 5) is 22.5. The summed E-state index contributed by atoms with van der Waals surface area (Å²) >= 11 is 0. The van der Waals surface area contributed by atoms with E-state index in [4.69, 9.17) is 14.2 Å².